The standard InChI is InChI=1S/C12H19N3O2S/c1-9-5-4-6-11(14-9)15-12(16)13-8-7-10(2)18(3)17/h4-6,10H,7-8H2,1-3H3,(H2,13,14,15,16)/t10-,18-/m1/s1. The summed E-state index contributed by atoms with van der Waals surface area (Å²) in [6.07, 6.45) is 2.36. The molecule has 0 fully saturated rings. The SMILES string of the molecule is Cc1cccc(NC(=O)NCC[C@@H](C)[S@@](C)=O)n1. The van der Waals surface area contributed by atoms with E-state index in [1.165, 1.54) is 0 Å². The van der Waals surface area contributed by atoms with Crippen LogP contribution in [-0.4, -0.2) is 33.3 Å². The molecule has 2 N–H and O–H groups in total. The van der Waals surface area contributed by atoms with E-state index in [1.807, 2.05) is 26.0 Å². The Morgan fingerprint density at radius 2 is 2.22 bits per heavy atom. The molecule has 0 saturated heterocycles. The van der Waals surface area contributed by atoms with E-state index in [9.17, 15) is 9.00 Å². The first kappa shape index (κ1) is 14.6. The van der Waals surface area contributed by atoms with Crippen molar-refractivity contribution in [2.24, 2.45) is 0 Å². The van der Waals surface area contributed by atoms with Crippen molar-refractivity contribution >= 4 is 22.6 Å². The van der Waals surface area contributed by atoms with Crippen molar-refractivity contribution in [2.45, 2.75) is 25.5 Å². The number of urea groups is 1. The summed E-state index contributed by atoms with van der Waals surface area (Å²) in [6.45, 7) is 4.26. The second-order valence-electron chi connectivity index (χ2n) is 4.14. The van der Waals surface area contributed by atoms with Crippen molar-refractivity contribution in [1.29, 1.82) is 0 Å². The second-order valence-corrected chi connectivity index (χ2v) is 5.94. The van der Waals surface area contributed by atoms with E-state index in [1.54, 1.807) is 12.3 Å². The van der Waals surface area contributed by atoms with Crippen LogP contribution in [0.15, 0.2) is 18.2 Å². The van der Waals surface area contributed by atoms with E-state index in [0.717, 1.165) is 5.69 Å². The minimum Gasteiger partial charge on any atom is -0.338 e. The fraction of sp³-hybridized carbons (Fsp3) is 0.500. The van der Waals surface area contributed by atoms with Crippen molar-refractivity contribution in [3.05, 3.63) is 23.9 Å². The molecule has 6 heteroatoms. The van der Waals surface area contributed by atoms with Crippen molar-refractivity contribution in [3.8, 4) is 0 Å². The van der Waals surface area contributed by atoms with Crippen LogP contribution < -0.4 is 10.6 Å². The molecule has 0 aliphatic heterocycles. The van der Waals surface area contributed by atoms with Crippen LogP contribution in [0, 0.1) is 6.92 Å². The summed E-state index contributed by atoms with van der Waals surface area (Å²) in [7, 11) is -0.850. The number of hydrogen-bond acceptors (Lipinski definition) is 3. The molecule has 0 aliphatic carbocycles. The van der Waals surface area contributed by atoms with Gasteiger partial charge in [0.25, 0.3) is 0 Å². The molecule has 18 heavy (non-hydrogen) atoms. The van der Waals surface area contributed by atoms with Gasteiger partial charge >= 0.3 is 6.03 Å². The molecule has 1 rings (SSSR count). The number of hydrogen-bond donors (Lipinski definition) is 2. The van der Waals surface area contributed by atoms with E-state index >= 15 is 0 Å². The third-order valence-corrected chi connectivity index (χ3v) is 3.90. The Morgan fingerprint density at radius 3 is 2.83 bits per heavy atom. The number of nitrogens with zero attached hydrogens (tertiary/aromatic N) is 1. The molecule has 0 saturated carbocycles. The van der Waals surface area contributed by atoms with Gasteiger partial charge in [-0.1, -0.05) is 13.0 Å². The van der Waals surface area contributed by atoms with Gasteiger partial charge in [0.2, 0.25) is 0 Å². The second kappa shape index (κ2) is 7.10. The lowest BCUT2D eigenvalue weighted by Gasteiger charge is -2.10. The van der Waals surface area contributed by atoms with Crippen LogP contribution in [0.3, 0.4) is 0 Å². The number of aryl methyl sites for hydroxylation is 1. The minimum atomic E-state index is -0.850. The third kappa shape index (κ3) is 5.27. The molecule has 0 spiro atoms. The fourth-order valence-corrected chi connectivity index (χ4v) is 1.78. The van der Waals surface area contributed by atoms with Crippen molar-refractivity contribution in [1.82, 2.24) is 10.3 Å². The van der Waals surface area contributed by atoms with E-state index in [-0.39, 0.29) is 11.3 Å². The van der Waals surface area contributed by atoms with Gasteiger partial charge < -0.3 is 5.32 Å². The Hall–Kier alpha value is -1.43. The molecule has 0 aliphatic rings. The molecule has 2 atom stereocenters. The number of pyridine rings is 1. The molecule has 1 aromatic heterocycles. The third-order valence-electron chi connectivity index (χ3n) is 2.53. The van der Waals surface area contributed by atoms with Crippen molar-refractivity contribution in [2.75, 3.05) is 18.1 Å². The molecule has 1 heterocycles. The maximum Gasteiger partial charge on any atom is 0.320 e. The van der Waals surface area contributed by atoms with Crippen molar-refractivity contribution < 1.29 is 9.00 Å². The zero-order valence-electron chi connectivity index (χ0n) is 10.9. The van der Waals surface area contributed by atoms with E-state index in [0.29, 0.717) is 18.8 Å². The normalized spacial score (nSPS) is 13.7. The maximum absolute atomic E-state index is 11.5. The number of carbonyl (C=O) groups is 1. The summed E-state index contributed by atoms with van der Waals surface area (Å²) in [5.41, 5.74) is 0.850. The predicted octanol–water partition coefficient (Wildman–Crippen LogP) is 1.67. The highest BCUT2D eigenvalue weighted by Crippen LogP contribution is 2.03. The van der Waals surface area contributed by atoms with Gasteiger partial charge in [-0.3, -0.25) is 9.53 Å². The zero-order valence-corrected chi connectivity index (χ0v) is 11.7. The molecular formula is C12H19N3O2S. The quantitative estimate of drug-likeness (QED) is 0.854. The summed E-state index contributed by atoms with van der Waals surface area (Å²) in [5.74, 6) is 0.527. The number of aromatic nitrogens is 1. The highest BCUT2D eigenvalue weighted by atomic mass is 32.2. The largest absolute Gasteiger partial charge is 0.338 e. The molecule has 0 unspecified atom stereocenters. The number of carbonyl (C=O) groups excluding carboxylic acids is 1. The van der Waals surface area contributed by atoms with Crippen LogP contribution >= 0.6 is 0 Å². The van der Waals surface area contributed by atoms with Crippen LogP contribution in [-0.2, 0) is 10.8 Å². The molecule has 5 nitrogen and oxygen atoms in total. The van der Waals surface area contributed by atoms with E-state index in [4.69, 9.17) is 0 Å². The number of nitrogens with one attached hydrogen (secondary N) is 2. The highest BCUT2D eigenvalue weighted by Gasteiger charge is 2.07. The molecule has 0 aromatic carbocycles. The van der Waals surface area contributed by atoms with E-state index in [2.05, 4.69) is 15.6 Å². The molecule has 0 bridgehead atoms. The smallest absolute Gasteiger partial charge is 0.320 e. The Bertz CT molecular complexity index is 437. The fourth-order valence-electron chi connectivity index (χ4n) is 1.33. The summed E-state index contributed by atoms with van der Waals surface area (Å²) in [4.78, 5) is 15.7. The average Bonchev–Trinajstić information content (AvgIpc) is 2.28. The summed E-state index contributed by atoms with van der Waals surface area (Å²) >= 11 is 0. The summed E-state index contributed by atoms with van der Waals surface area (Å²) in [6, 6.07) is 5.14. The number of rotatable bonds is 5. The predicted molar refractivity (Wildman–Crippen MR) is 74.1 cm³/mol. The average molecular weight is 269 g/mol. The van der Waals surface area contributed by atoms with Gasteiger partial charge in [0.1, 0.15) is 5.82 Å². The maximum atomic E-state index is 11.5. The minimum absolute atomic E-state index is 0.0856. The lowest BCUT2D eigenvalue weighted by molar-refractivity contribution is 0.252. The Kier molecular flexibility index (Phi) is 5.77. The molecule has 1 aromatic rings. The highest BCUT2D eigenvalue weighted by molar-refractivity contribution is 7.84. The van der Waals surface area contributed by atoms with Crippen LogP contribution in [0.25, 0.3) is 0 Å². The lowest BCUT2D eigenvalue weighted by Crippen LogP contribution is -2.31. The first-order valence-corrected chi connectivity index (χ1v) is 7.42. The molecule has 100 valence electrons. The topological polar surface area (TPSA) is 71.1 Å². The van der Waals surface area contributed by atoms with Crippen molar-refractivity contribution in [3.63, 3.8) is 0 Å². The Morgan fingerprint density at radius 1 is 1.50 bits per heavy atom. The van der Waals surface area contributed by atoms with Gasteiger partial charge in [0, 0.05) is 34.5 Å². The Balaban J connectivity index is 2.32. The molecular weight excluding hydrogens is 250 g/mol. The van der Waals surface area contributed by atoms with Gasteiger partial charge in [-0.25, -0.2) is 9.78 Å². The van der Waals surface area contributed by atoms with Crippen LogP contribution in [0.2, 0.25) is 0 Å². The summed E-state index contributed by atoms with van der Waals surface area (Å²) < 4.78 is 11.1. The zero-order chi connectivity index (χ0) is 13.5. The van der Waals surface area contributed by atoms with Gasteiger partial charge in [-0.2, -0.15) is 0 Å². The van der Waals surface area contributed by atoms with Crippen LogP contribution in [0.5, 0.6) is 0 Å². The first-order chi connectivity index (χ1) is 8.49. The Labute approximate surface area is 110 Å². The lowest BCUT2D eigenvalue weighted by atomic mass is 10.3. The number of amides is 2. The monoisotopic (exact) mass is 269 g/mol. The van der Waals surface area contributed by atoms with E-state index < -0.39 is 10.8 Å². The van der Waals surface area contributed by atoms with Gasteiger partial charge in [-0.05, 0) is 25.5 Å². The van der Waals surface area contributed by atoms with Gasteiger partial charge in [0.05, 0.1) is 0 Å². The van der Waals surface area contributed by atoms with Crippen LogP contribution in [0.4, 0.5) is 10.6 Å². The van der Waals surface area contributed by atoms with Crippen LogP contribution in [0.1, 0.15) is 19.0 Å². The number of anilines is 1. The van der Waals surface area contributed by atoms with Gasteiger partial charge in [-0.15, -0.1) is 0 Å². The molecule has 2 amide bonds. The molecule has 0 radical (unpaired) electrons. The van der Waals surface area contributed by atoms with Gasteiger partial charge in [0.15, 0.2) is 0 Å². The summed E-state index contributed by atoms with van der Waals surface area (Å²) in [5, 5.41) is 5.45. The first-order valence-electron chi connectivity index (χ1n) is 5.80.